The van der Waals surface area contributed by atoms with Crippen molar-refractivity contribution in [1.82, 2.24) is 4.90 Å². The van der Waals surface area contributed by atoms with E-state index >= 15 is 0 Å². The number of esters is 1. The fourth-order valence-corrected chi connectivity index (χ4v) is 5.90. The maximum absolute atomic E-state index is 12.6. The lowest BCUT2D eigenvalue weighted by atomic mass is 9.85. The van der Waals surface area contributed by atoms with Crippen molar-refractivity contribution < 1.29 is 34.4 Å². The second-order valence-electron chi connectivity index (χ2n) is 13.4. The molecule has 0 aromatic carbocycles. The highest BCUT2D eigenvalue weighted by Crippen LogP contribution is 2.25. The van der Waals surface area contributed by atoms with Crippen molar-refractivity contribution in [3.8, 4) is 0 Å². The molecule has 8 nitrogen and oxygen atoms in total. The van der Waals surface area contributed by atoms with E-state index in [0.717, 1.165) is 90.1 Å². The monoisotopic (exact) mass is 642 g/mol. The fourth-order valence-electron chi connectivity index (χ4n) is 5.90. The normalized spacial score (nSPS) is 11.9. The highest BCUT2D eigenvalue weighted by Gasteiger charge is 2.40. The van der Waals surface area contributed by atoms with Gasteiger partial charge in [-0.15, -0.1) is 0 Å². The molecule has 0 aliphatic rings. The van der Waals surface area contributed by atoms with E-state index in [1.807, 2.05) is 0 Å². The van der Waals surface area contributed by atoms with Gasteiger partial charge in [0.2, 0.25) is 0 Å². The Hall–Kier alpha value is -1.67. The number of unbranched alkanes of at least 4 members (excludes halogenated alkanes) is 17. The summed E-state index contributed by atoms with van der Waals surface area (Å²) in [5.74, 6) is -2.59. The molecule has 0 aliphatic carbocycles. The van der Waals surface area contributed by atoms with Crippen molar-refractivity contribution in [2.45, 2.75) is 187 Å². The number of nitrogens with zero attached hydrogens (tertiary/aromatic N) is 1. The summed E-state index contributed by atoms with van der Waals surface area (Å²) in [7, 11) is 0. The summed E-state index contributed by atoms with van der Waals surface area (Å²) in [6.45, 7) is 8.33. The van der Waals surface area contributed by atoms with Crippen LogP contribution in [0.4, 0.5) is 0 Å². The Morgan fingerprint density at radius 1 is 0.600 bits per heavy atom. The fraction of sp³-hybridized carbons (Fsp3) is 0.919. The van der Waals surface area contributed by atoms with Gasteiger partial charge in [0.1, 0.15) is 6.10 Å². The maximum atomic E-state index is 12.6. The number of hydrogen-bond donors (Lipinski definition) is 3. The SMILES string of the molecule is CCCCCCCCC(CCCCCCCC)OC(=O)CCCCCCCN(CCO)CCCCCCC(C)(C(=O)O)C(=O)O. The molecule has 0 fully saturated rings. The van der Waals surface area contributed by atoms with Gasteiger partial charge in [-0.3, -0.25) is 14.4 Å². The molecule has 0 saturated heterocycles. The predicted molar refractivity (Wildman–Crippen MR) is 184 cm³/mol. The van der Waals surface area contributed by atoms with Gasteiger partial charge in [-0.05, 0) is 71.4 Å². The first-order valence-corrected chi connectivity index (χ1v) is 18.7. The number of carboxylic acid groups (broad SMARTS) is 2. The Morgan fingerprint density at radius 3 is 1.49 bits per heavy atom. The molecule has 0 saturated carbocycles. The number of carboxylic acids is 2. The van der Waals surface area contributed by atoms with E-state index in [2.05, 4.69) is 18.7 Å². The van der Waals surface area contributed by atoms with Crippen molar-refractivity contribution in [1.29, 1.82) is 0 Å². The molecule has 0 aliphatic heterocycles. The molecular weight excluding hydrogens is 570 g/mol. The molecule has 45 heavy (non-hydrogen) atoms. The van der Waals surface area contributed by atoms with E-state index in [-0.39, 0.29) is 25.1 Å². The molecule has 0 rings (SSSR count). The third kappa shape index (κ3) is 24.2. The number of carbonyl (C=O) groups is 3. The topological polar surface area (TPSA) is 124 Å². The summed E-state index contributed by atoms with van der Waals surface area (Å²) in [5, 5.41) is 27.9. The number of rotatable bonds is 34. The van der Waals surface area contributed by atoms with Crippen LogP contribution in [0.15, 0.2) is 0 Å². The Bertz CT molecular complexity index is 700. The average Bonchev–Trinajstić information content (AvgIpc) is 3.01. The molecule has 0 aromatic rings. The van der Waals surface area contributed by atoms with Crippen LogP contribution in [0, 0.1) is 5.41 Å². The average molecular weight is 642 g/mol. The first-order valence-electron chi connectivity index (χ1n) is 18.7. The van der Waals surface area contributed by atoms with Crippen LogP contribution in [0.2, 0.25) is 0 Å². The molecule has 266 valence electrons. The zero-order valence-electron chi connectivity index (χ0n) is 29.5. The third-order valence-electron chi connectivity index (χ3n) is 9.17. The molecule has 0 atom stereocenters. The molecule has 0 bridgehead atoms. The summed E-state index contributed by atoms with van der Waals surface area (Å²) < 4.78 is 5.97. The second kappa shape index (κ2) is 29.7. The quantitative estimate of drug-likeness (QED) is 0.0361. The molecule has 3 N–H and O–H groups in total. The van der Waals surface area contributed by atoms with Crippen LogP contribution in [0.3, 0.4) is 0 Å². The Labute approximate surface area is 276 Å². The lowest BCUT2D eigenvalue weighted by Gasteiger charge is -2.22. The van der Waals surface area contributed by atoms with E-state index in [1.54, 1.807) is 0 Å². The van der Waals surface area contributed by atoms with Gasteiger partial charge in [-0.1, -0.05) is 117 Å². The van der Waals surface area contributed by atoms with Crippen LogP contribution in [0.1, 0.15) is 181 Å². The maximum Gasteiger partial charge on any atom is 0.320 e. The minimum absolute atomic E-state index is 0.0263. The first-order chi connectivity index (χ1) is 21.7. The molecule has 0 unspecified atom stereocenters. The van der Waals surface area contributed by atoms with Gasteiger partial charge in [-0.2, -0.15) is 0 Å². The zero-order chi connectivity index (χ0) is 33.6. The van der Waals surface area contributed by atoms with Gasteiger partial charge in [0, 0.05) is 13.0 Å². The zero-order valence-corrected chi connectivity index (χ0v) is 29.5. The summed E-state index contributed by atoms with van der Waals surface area (Å²) in [6.07, 6.45) is 26.2. The van der Waals surface area contributed by atoms with Gasteiger partial charge in [0.15, 0.2) is 5.41 Å². The van der Waals surface area contributed by atoms with Crippen LogP contribution in [0.25, 0.3) is 0 Å². The van der Waals surface area contributed by atoms with E-state index in [9.17, 15) is 29.7 Å². The van der Waals surface area contributed by atoms with Crippen LogP contribution in [-0.4, -0.2) is 70.5 Å². The summed E-state index contributed by atoms with van der Waals surface area (Å²) in [4.78, 5) is 37.5. The van der Waals surface area contributed by atoms with Gasteiger partial charge < -0.3 is 25.0 Å². The molecule has 8 heteroatoms. The van der Waals surface area contributed by atoms with Crippen molar-refractivity contribution in [2.75, 3.05) is 26.2 Å². The highest BCUT2D eigenvalue weighted by atomic mass is 16.5. The minimum Gasteiger partial charge on any atom is -0.480 e. The summed E-state index contributed by atoms with van der Waals surface area (Å²) in [6, 6.07) is 0. The van der Waals surface area contributed by atoms with Crippen LogP contribution in [-0.2, 0) is 19.1 Å². The first kappa shape index (κ1) is 43.3. The van der Waals surface area contributed by atoms with E-state index in [0.29, 0.717) is 19.4 Å². The molecule has 0 amide bonds. The van der Waals surface area contributed by atoms with E-state index in [4.69, 9.17) is 4.74 Å². The van der Waals surface area contributed by atoms with E-state index < -0.39 is 17.4 Å². The lowest BCUT2D eigenvalue weighted by Crippen LogP contribution is -2.36. The van der Waals surface area contributed by atoms with Gasteiger partial charge in [0.05, 0.1) is 6.61 Å². The minimum atomic E-state index is -1.72. The number of carbonyl (C=O) groups excluding carboxylic acids is 1. The third-order valence-corrected chi connectivity index (χ3v) is 9.17. The smallest absolute Gasteiger partial charge is 0.320 e. The molecule has 0 heterocycles. The van der Waals surface area contributed by atoms with Crippen LogP contribution >= 0.6 is 0 Å². The van der Waals surface area contributed by atoms with Crippen molar-refractivity contribution >= 4 is 17.9 Å². The number of aliphatic hydroxyl groups excluding tert-OH is 1. The number of aliphatic carboxylic acids is 2. The lowest BCUT2D eigenvalue weighted by molar-refractivity contribution is -0.164. The Morgan fingerprint density at radius 2 is 1.02 bits per heavy atom. The van der Waals surface area contributed by atoms with Gasteiger partial charge in [0.25, 0.3) is 0 Å². The van der Waals surface area contributed by atoms with Gasteiger partial charge >= 0.3 is 17.9 Å². The molecule has 0 radical (unpaired) electrons. The highest BCUT2D eigenvalue weighted by molar-refractivity contribution is 5.97. The number of ether oxygens (including phenoxy) is 1. The summed E-state index contributed by atoms with van der Waals surface area (Å²) in [5.41, 5.74) is -1.72. The standard InChI is InChI=1S/C37H71NO7/c1-4-6-8-10-13-19-25-33(26-20-14-11-9-7-5-2)45-34(40)27-21-15-12-17-23-29-38(31-32-39)30-24-18-16-22-28-37(3,35(41)42)36(43)44/h33,39H,4-32H2,1-3H3,(H,41,42)(H,43,44). The predicted octanol–water partition coefficient (Wildman–Crippen LogP) is 9.16. The van der Waals surface area contributed by atoms with Crippen LogP contribution < -0.4 is 0 Å². The Balaban J connectivity index is 4.16. The number of aliphatic hydroxyl groups is 1. The number of hydrogen-bond acceptors (Lipinski definition) is 6. The molecular formula is C37H71NO7. The van der Waals surface area contributed by atoms with Crippen molar-refractivity contribution in [2.24, 2.45) is 5.41 Å². The molecule has 0 spiro atoms. The second-order valence-corrected chi connectivity index (χ2v) is 13.4. The van der Waals surface area contributed by atoms with Crippen LogP contribution in [0.5, 0.6) is 0 Å². The molecule has 0 aromatic heterocycles. The van der Waals surface area contributed by atoms with Crippen molar-refractivity contribution in [3.63, 3.8) is 0 Å². The van der Waals surface area contributed by atoms with Crippen molar-refractivity contribution in [3.05, 3.63) is 0 Å². The Kier molecular flexibility index (Phi) is 28.6. The summed E-state index contributed by atoms with van der Waals surface area (Å²) >= 11 is 0. The van der Waals surface area contributed by atoms with Gasteiger partial charge in [-0.25, -0.2) is 0 Å². The van der Waals surface area contributed by atoms with E-state index in [1.165, 1.54) is 71.1 Å². The largest absolute Gasteiger partial charge is 0.480 e.